The van der Waals surface area contributed by atoms with Gasteiger partial charge in [0.05, 0.1) is 30.0 Å². The average molecular weight is 347 g/mol. The van der Waals surface area contributed by atoms with Crippen LogP contribution in [-0.2, 0) is 6.42 Å². The maximum atomic E-state index is 5.23. The van der Waals surface area contributed by atoms with E-state index in [1.54, 1.807) is 7.11 Å². The molecule has 1 aliphatic heterocycles. The Kier molecular flexibility index (Phi) is 4.85. The number of nitrogens with zero attached hydrogens (tertiary/aromatic N) is 3. The van der Waals surface area contributed by atoms with Gasteiger partial charge in [0.25, 0.3) is 0 Å². The third-order valence-corrected chi connectivity index (χ3v) is 5.37. The van der Waals surface area contributed by atoms with Crippen LogP contribution in [0, 0.1) is 0 Å². The number of methoxy groups -OCH3 is 1. The minimum atomic E-state index is 0.719. The predicted octanol–water partition coefficient (Wildman–Crippen LogP) is 4.33. The number of aromatic nitrogens is 2. The van der Waals surface area contributed by atoms with Crippen molar-refractivity contribution < 1.29 is 4.74 Å². The first-order valence-electron chi connectivity index (χ1n) is 9.37. The van der Waals surface area contributed by atoms with Crippen LogP contribution in [0.2, 0.25) is 0 Å². The largest absolute Gasteiger partial charge is 0.497 e. The maximum absolute atomic E-state index is 5.23. The molecule has 0 saturated carbocycles. The van der Waals surface area contributed by atoms with Crippen LogP contribution in [0.4, 0.5) is 0 Å². The quantitative estimate of drug-likeness (QED) is 0.688. The monoisotopic (exact) mass is 347 g/mol. The lowest BCUT2D eigenvalue weighted by atomic mass is 10.1. The van der Waals surface area contributed by atoms with Crippen LogP contribution in [-0.4, -0.2) is 41.1 Å². The first-order chi connectivity index (χ1) is 12.7. The van der Waals surface area contributed by atoms with E-state index in [1.165, 1.54) is 24.9 Å². The van der Waals surface area contributed by atoms with Crippen molar-refractivity contribution >= 4 is 11.0 Å². The molecule has 4 rings (SSSR count). The zero-order chi connectivity index (χ0) is 17.9. The molecule has 3 aromatic rings. The van der Waals surface area contributed by atoms with E-state index in [0.717, 1.165) is 47.0 Å². The average Bonchev–Trinajstić information content (AvgIpc) is 3.10. The Morgan fingerprint density at radius 2 is 1.96 bits per heavy atom. The molecule has 0 bridgehead atoms. The molecule has 1 saturated heterocycles. The first kappa shape index (κ1) is 17.0. The molecular formula is C22H25N3O. The molecular weight excluding hydrogens is 322 g/mol. The van der Waals surface area contributed by atoms with Gasteiger partial charge >= 0.3 is 0 Å². The van der Waals surface area contributed by atoms with Crippen LogP contribution in [0.3, 0.4) is 0 Å². The molecule has 0 N–H and O–H groups in total. The van der Waals surface area contributed by atoms with E-state index in [4.69, 9.17) is 9.72 Å². The molecule has 134 valence electrons. The lowest BCUT2D eigenvalue weighted by molar-refractivity contribution is 0.272. The summed E-state index contributed by atoms with van der Waals surface area (Å²) in [6.45, 7) is 4.69. The number of ether oxygens (including phenoxy) is 1. The second-order valence-corrected chi connectivity index (χ2v) is 7.08. The van der Waals surface area contributed by atoms with Crippen LogP contribution in [0.15, 0.2) is 48.7 Å². The summed E-state index contributed by atoms with van der Waals surface area (Å²) >= 11 is 0. The Balaban J connectivity index is 1.55. The number of rotatable bonds is 5. The smallest absolute Gasteiger partial charge is 0.118 e. The number of hydrogen-bond acceptors (Lipinski definition) is 4. The Hall–Kier alpha value is -2.46. The van der Waals surface area contributed by atoms with Gasteiger partial charge in [0.2, 0.25) is 0 Å². The molecule has 1 aromatic heterocycles. The van der Waals surface area contributed by atoms with E-state index in [0.29, 0.717) is 0 Å². The molecule has 4 heteroatoms. The molecule has 0 radical (unpaired) electrons. The van der Waals surface area contributed by atoms with Crippen molar-refractivity contribution in [3.05, 3.63) is 54.2 Å². The summed E-state index contributed by atoms with van der Waals surface area (Å²) < 4.78 is 5.23. The predicted molar refractivity (Wildman–Crippen MR) is 105 cm³/mol. The molecule has 4 nitrogen and oxygen atoms in total. The molecule has 0 aliphatic carbocycles. The van der Waals surface area contributed by atoms with Gasteiger partial charge in [-0.3, -0.25) is 4.98 Å². The van der Waals surface area contributed by atoms with Gasteiger partial charge in [-0.2, -0.15) is 0 Å². The Bertz CT molecular complexity index is 892. The molecule has 0 unspecified atom stereocenters. The summed E-state index contributed by atoms with van der Waals surface area (Å²) in [4.78, 5) is 12.0. The van der Waals surface area contributed by atoms with Crippen LogP contribution < -0.4 is 4.74 Å². The van der Waals surface area contributed by atoms with Gasteiger partial charge in [-0.25, -0.2) is 4.98 Å². The van der Waals surface area contributed by atoms with E-state index in [1.807, 2.05) is 30.5 Å². The van der Waals surface area contributed by atoms with E-state index in [9.17, 15) is 0 Å². The highest BCUT2D eigenvalue weighted by molar-refractivity contribution is 5.77. The van der Waals surface area contributed by atoms with E-state index < -0.39 is 0 Å². The van der Waals surface area contributed by atoms with Crippen LogP contribution in [0.1, 0.15) is 25.3 Å². The second-order valence-electron chi connectivity index (χ2n) is 7.08. The topological polar surface area (TPSA) is 38.2 Å². The van der Waals surface area contributed by atoms with Gasteiger partial charge < -0.3 is 9.64 Å². The first-order valence-corrected chi connectivity index (χ1v) is 9.37. The summed E-state index contributed by atoms with van der Waals surface area (Å²) in [7, 11) is 1.68. The van der Waals surface area contributed by atoms with E-state index in [-0.39, 0.29) is 0 Å². The minimum absolute atomic E-state index is 0.719. The van der Waals surface area contributed by atoms with Gasteiger partial charge in [-0.15, -0.1) is 0 Å². The lowest BCUT2D eigenvalue weighted by Crippen LogP contribution is -2.28. The summed E-state index contributed by atoms with van der Waals surface area (Å²) in [5.41, 5.74) is 5.19. The summed E-state index contributed by atoms with van der Waals surface area (Å²) in [5, 5.41) is 0. The van der Waals surface area contributed by atoms with Crippen LogP contribution in [0.25, 0.3) is 22.3 Å². The second kappa shape index (κ2) is 7.42. The fourth-order valence-electron chi connectivity index (χ4n) is 3.71. The third-order valence-electron chi connectivity index (χ3n) is 5.37. The van der Waals surface area contributed by atoms with Crippen molar-refractivity contribution in [1.29, 1.82) is 0 Å². The van der Waals surface area contributed by atoms with Crippen molar-refractivity contribution in [3.63, 3.8) is 0 Å². The van der Waals surface area contributed by atoms with Gasteiger partial charge in [0.1, 0.15) is 5.75 Å². The maximum Gasteiger partial charge on any atom is 0.118 e. The van der Waals surface area contributed by atoms with E-state index >= 15 is 0 Å². The SMILES string of the molecule is COc1ccc(-c2cnc3ccc(CCN4CCC[C@H]4C)cc3n2)cc1. The molecule has 2 heterocycles. The van der Waals surface area contributed by atoms with Crippen molar-refractivity contribution in [3.8, 4) is 17.0 Å². The molecule has 1 fully saturated rings. The molecule has 2 aromatic carbocycles. The van der Waals surface area contributed by atoms with Gasteiger partial charge in [-0.1, -0.05) is 6.07 Å². The van der Waals surface area contributed by atoms with Gasteiger partial charge in [0.15, 0.2) is 0 Å². The Labute approximate surface area is 154 Å². The van der Waals surface area contributed by atoms with Crippen molar-refractivity contribution in [1.82, 2.24) is 14.9 Å². The normalized spacial score (nSPS) is 17.7. The van der Waals surface area contributed by atoms with Gasteiger partial charge in [0, 0.05) is 18.2 Å². The molecule has 1 aliphatic rings. The highest BCUT2D eigenvalue weighted by Gasteiger charge is 2.19. The number of fused-ring (bicyclic) bond motifs is 1. The molecule has 26 heavy (non-hydrogen) atoms. The molecule has 1 atom stereocenters. The highest BCUT2D eigenvalue weighted by Crippen LogP contribution is 2.23. The fourth-order valence-corrected chi connectivity index (χ4v) is 3.71. The standard InChI is InChI=1S/C22H25N3O/c1-16-4-3-12-25(16)13-11-17-5-10-20-21(14-17)24-22(15-23-20)18-6-8-19(26-2)9-7-18/h5-10,14-16H,3-4,11-13H2,1-2H3/t16-/m1/s1. The van der Waals surface area contributed by atoms with Gasteiger partial charge in [-0.05, 0) is 74.7 Å². The van der Waals surface area contributed by atoms with Crippen molar-refractivity contribution in [2.24, 2.45) is 0 Å². The number of likely N-dealkylation sites (tertiary alicyclic amines) is 1. The zero-order valence-electron chi connectivity index (χ0n) is 15.5. The summed E-state index contributed by atoms with van der Waals surface area (Å²) in [6.07, 6.45) is 5.56. The van der Waals surface area contributed by atoms with Crippen molar-refractivity contribution in [2.45, 2.75) is 32.2 Å². The highest BCUT2D eigenvalue weighted by atomic mass is 16.5. The third kappa shape index (κ3) is 3.56. The summed E-state index contributed by atoms with van der Waals surface area (Å²) in [5.74, 6) is 0.848. The Morgan fingerprint density at radius 3 is 2.69 bits per heavy atom. The zero-order valence-corrected chi connectivity index (χ0v) is 15.5. The van der Waals surface area contributed by atoms with Crippen LogP contribution >= 0.6 is 0 Å². The van der Waals surface area contributed by atoms with E-state index in [2.05, 4.69) is 35.0 Å². The van der Waals surface area contributed by atoms with Crippen LogP contribution in [0.5, 0.6) is 5.75 Å². The molecule has 0 amide bonds. The number of benzene rings is 2. The summed E-state index contributed by atoms with van der Waals surface area (Å²) in [6, 6.07) is 15.1. The van der Waals surface area contributed by atoms with Crippen molar-refractivity contribution in [2.75, 3.05) is 20.2 Å². The fraction of sp³-hybridized carbons (Fsp3) is 0.364. The molecule has 0 spiro atoms. The Morgan fingerprint density at radius 1 is 1.12 bits per heavy atom. The lowest BCUT2D eigenvalue weighted by Gasteiger charge is -2.20. The minimum Gasteiger partial charge on any atom is -0.497 e. The number of hydrogen-bond donors (Lipinski definition) is 0.